The fourth-order valence-corrected chi connectivity index (χ4v) is 4.42. The standard InChI is InChI=1S/C26H25N3O5S/c1-31-20-12-8-9-17(13-20)25-27-28-26(29(25)19-10-6-5-7-11-19)35-16-21(30)18-14-22(32-2)24(34-4)23(15-18)33-3/h5-15H,16H2,1-4H3. The van der Waals surface area contributed by atoms with Crippen LogP contribution in [0.4, 0.5) is 0 Å². The number of hydrogen-bond donors (Lipinski definition) is 0. The second-order valence-electron chi connectivity index (χ2n) is 7.33. The molecule has 4 rings (SSSR count). The predicted octanol–water partition coefficient (Wildman–Crippen LogP) is 4.94. The molecule has 180 valence electrons. The van der Waals surface area contributed by atoms with E-state index < -0.39 is 0 Å². The fourth-order valence-electron chi connectivity index (χ4n) is 3.58. The summed E-state index contributed by atoms with van der Waals surface area (Å²) in [6, 6.07) is 20.7. The zero-order valence-corrected chi connectivity index (χ0v) is 20.7. The maximum absolute atomic E-state index is 13.1. The number of benzene rings is 3. The molecular formula is C26H25N3O5S. The Morgan fingerprint density at radius 3 is 2.17 bits per heavy atom. The molecule has 4 aromatic rings. The first kappa shape index (κ1) is 24.2. The van der Waals surface area contributed by atoms with Crippen molar-refractivity contribution in [3.05, 3.63) is 72.3 Å². The van der Waals surface area contributed by atoms with Gasteiger partial charge in [-0.1, -0.05) is 42.1 Å². The lowest BCUT2D eigenvalue weighted by molar-refractivity contribution is 0.102. The summed E-state index contributed by atoms with van der Waals surface area (Å²) >= 11 is 1.30. The third-order valence-corrected chi connectivity index (χ3v) is 6.22. The number of ether oxygens (including phenoxy) is 4. The van der Waals surface area contributed by atoms with Crippen LogP contribution in [0.2, 0.25) is 0 Å². The summed E-state index contributed by atoms with van der Waals surface area (Å²) in [6.07, 6.45) is 0. The van der Waals surface area contributed by atoms with Crippen molar-refractivity contribution < 1.29 is 23.7 Å². The van der Waals surface area contributed by atoms with E-state index in [1.165, 1.54) is 33.1 Å². The number of rotatable bonds is 10. The average molecular weight is 492 g/mol. The number of Topliss-reactive ketones (excluding diaryl/α,β-unsaturated/α-hetero) is 1. The van der Waals surface area contributed by atoms with Gasteiger partial charge in [-0.2, -0.15) is 0 Å². The van der Waals surface area contributed by atoms with Crippen LogP contribution in [-0.4, -0.2) is 54.7 Å². The molecule has 1 aromatic heterocycles. The third kappa shape index (κ3) is 5.09. The summed E-state index contributed by atoms with van der Waals surface area (Å²) in [4.78, 5) is 13.1. The minimum Gasteiger partial charge on any atom is -0.497 e. The van der Waals surface area contributed by atoms with Crippen molar-refractivity contribution in [2.24, 2.45) is 0 Å². The number of nitrogens with zero attached hydrogens (tertiary/aromatic N) is 3. The van der Waals surface area contributed by atoms with Gasteiger partial charge in [0, 0.05) is 16.8 Å². The maximum atomic E-state index is 13.1. The lowest BCUT2D eigenvalue weighted by Gasteiger charge is -2.14. The molecular weight excluding hydrogens is 466 g/mol. The van der Waals surface area contributed by atoms with E-state index in [1.807, 2.05) is 59.2 Å². The monoisotopic (exact) mass is 491 g/mol. The van der Waals surface area contributed by atoms with E-state index in [0.29, 0.717) is 33.8 Å². The lowest BCUT2D eigenvalue weighted by Crippen LogP contribution is -2.06. The summed E-state index contributed by atoms with van der Waals surface area (Å²) < 4.78 is 23.4. The van der Waals surface area contributed by atoms with E-state index in [0.717, 1.165) is 17.0 Å². The van der Waals surface area contributed by atoms with Crippen LogP contribution in [0.15, 0.2) is 71.9 Å². The van der Waals surface area contributed by atoms with E-state index in [1.54, 1.807) is 19.2 Å². The van der Waals surface area contributed by atoms with Crippen LogP contribution in [0.5, 0.6) is 23.0 Å². The number of methoxy groups -OCH3 is 4. The number of hydrogen-bond acceptors (Lipinski definition) is 8. The topological polar surface area (TPSA) is 84.7 Å². The Kier molecular flexibility index (Phi) is 7.57. The summed E-state index contributed by atoms with van der Waals surface area (Å²) in [6.45, 7) is 0. The number of aromatic nitrogens is 3. The molecule has 0 aliphatic rings. The van der Waals surface area contributed by atoms with Gasteiger partial charge in [-0.15, -0.1) is 10.2 Å². The van der Waals surface area contributed by atoms with Crippen LogP contribution in [0.25, 0.3) is 17.1 Å². The fraction of sp³-hybridized carbons (Fsp3) is 0.192. The van der Waals surface area contributed by atoms with E-state index in [2.05, 4.69) is 10.2 Å². The maximum Gasteiger partial charge on any atom is 0.203 e. The van der Waals surface area contributed by atoms with Crippen LogP contribution < -0.4 is 18.9 Å². The zero-order valence-electron chi connectivity index (χ0n) is 19.8. The molecule has 1 heterocycles. The third-order valence-electron chi connectivity index (χ3n) is 5.29. The Labute approximate surface area is 207 Å². The summed E-state index contributed by atoms with van der Waals surface area (Å²) in [5.74, 6) is 2.68. The first-order valence-corrected chi connectivity index (χ1v) is 11.7. The van der Waals surface area contributed by atoms with Crippen molar-refractivity contribution in [2.45, 2.75) is 5.16 Å². The van der Waals surface area contributed by atoms with Crippen LogP contribution in [0, 0.1) is 0 Å². The second-order valence-corrected chi connectivity index (χ2v) is 8.28. The van der Waals surface area contributed by atoms with Crippen molar-refractivity contribution in [1.82, 2.24) is 14.8 Å². The molecule has 0 aliphatic carbocycles. The molecule has 0 amide bonds. The molecule has 0 N–H and O–H groups in total. The summed E-state index contributed by atoms with van der Waals surface area (Å²) in [5, 5.41) is 9.43. The van der Waals surface area contributed by atoms with Crippen molar-refractivity contribution >= 4 is 17.5 Å². The first-order chi connectivity index (χ1) is 17.1. The highest BCUT2D eigenvalue weighted by molar-refractivity contribution is 7.99. The number of carbonyl (C=O) groups is 1. The van der Waals surface area contributed by atoms with Gasteiger partial charge in [0.15, 0.2) is 28.3 Å². The van der Waals surface area contributed by atoms with Gasteiger partial charge in [-0.3, -0.25) is 9.36 Å². The quantitative estimate of drug-likeness (QED) is 0.228. The van der Waals surface area contributed by atoms with Crippen LogP contribution in [0.1, 0.15) is 10.4 Å². The molecule has 0 spiro atoms. The largest absolute Gasteiger partial charge is 0.497 e. The SMILES string of the molecule is COc1cccc(-c2nnc(SCC(=O)c3cc(OC)c(OC)c(OC)c3)n2-c2ccccc2)c1. The highest BCUT2D eigenvalue weighted by atomic mass is 32.2. The van der Waals surface area contributed by atoms with Gasteiger partial charge in [0.25, 0.3) is 0 Å². The van der Waals surface area contributed by atoms with Crippen LogP contribution in [-0.2, 0) is 0 Å². The Balaban J connectivity index is 1.66. The van der Waals surface area contributed by atoms with E-state index >= 15 is 0 Å². The number of thioether (sulfide) groups is 1. The van der Waals surface area contributed by atoms with E-state index in [4.69, 9.17) is 18.9 Å². The molecule has 0 bridgehead atoms. The number of carbonyl (C=O) groups excluding carboxylic acids is 1. The van der Waals surface area contributed by atoms with E-state index in [-0.39, 0.29) is 11.5 Å². The number of para-hydroxylation sites is 1. The van der Waals surface area contributed by atoms with E-state index in [9.17, 15) is 4.79 Å². The van der Waals surface area contributed by atoms with Gasteiger partial charge in [0.2, 0.25) is 5.75 Å². The minimum absolute atomic E-state index is 0.111. The highest BCUT2D eigenvalue weighted by Gasteiger charge is 2.20. The van der Waals surface area contributed by atoms with Crippen molar-refractivity contribution in [1.29, 1.82) is 0 Å². The molecule has 0 saturated heterocycles. The average Bonchev–Trinajstić information content (AvgIpc) is 3.35. The highest BCUT2D eigenvalue weighted by Crippen LogP contribution is 2.39. The second kappa shape index (κ2) is 11.0. The Morgan fingerprint density at radius 2 is 1.54 bits per heavy atom. The molecule has 0 aliphatic heterocycles. The molecule has 0 radical (unpaired) electrons. The van der Waals surface area contributed by atoms with Gasteiger partial charge in [0.05, 0.1) is 34.2 Å². The summed E-state index contributed by atoms with van der Waals surface area (Å²) in [5.41, 5.74) is 2.19. The van der Waals surface area contributed by atoms with Gasteiger partial charge < -0.3 is 18.9 Å². The molecule has 35 heavy (non-hydrogen) atoms. The Bertz CT molecular complexity index is 1300. The van der Waals surface area contributed by atoms with Crippen molar-refractivity contribution in [3.63, 3.8) is 0 Å². The first-order valence-electron chi connectivity index (χ1n) is 10.7. The number of ketones is 1. The Morgan fingerprint density at radius 1 is 0.829 bits per heavy atom. The van der Waals surface area contributed by atoms with Crippen LogP contribution in [0.3, 0.4) is 0 Å². The summed E-state index contributed by atoms with van der Waals surface area (Å²) in [7, 11) is 6.18. The van der Waals surface area contributed by atoms with Crippen molar-refractivity contribution in [2.75, 3.05) is 34.2 Å². The lowest BCUT2D eigenvalue weighted by atomic mass is 10.1. The van der Waals surface area contributed by atoms with Gasteiger partial charge in [-0.25, -0.2) is 0 Å². The predicted molar refractivity (Wildman–Crippen MR) is 134 cm³/mol. The smallest absolute Gasteiger partial charge is 0.203 e. The van der Waals surface area contributed by atoms with Gasteiger partial charge >= 0.3 is 0 Å². The molecule has 0 fully saturated rings. The molecule has 0 unspecified atom stereocenters. The zero-order chi connectivity index (χ0) is 24.8. The van der Waals surface area contributed by atoms with Gasteiger partial charge in [-0.05, 0) is 36.4 Å². The van der Waals surface area contributed by atoms with Crippen LogP contribution >= 0.6 is 11.8 Å². The molecule has 0 atom stereocenters. The minimum atomic E-state index is -0.111. The molecule has 9 heteroatoms. The normalized spacial score (nSPS) is 10.6. The Hall–Kier alpha value is -3.98. The molecule has 0 saturated carbocycles. The van der Waals surface area contributed by atoms with Gasteiger partial charge in [0.1, 0.15) is 5.75 Å². The molecule has 8 nitrogen and oxygen atoms in total. The van der Waals surface area contributed by atoms with Crippen molar-refractivity contribution in [3.8, 4) is 40.1 Å². The molecule has 3 aromatic carbocycles.